The fourth-order valence-corrected chi connectivity index (χ4v) is 3.67. The van der Waals surface area contributed by atoms with Crippen molar-refractivity contribution in [2.75, 3.05) is 0 Å². The van der Waals surface area contributed by atoms with E-state index >= 15 is 0 Å². The van der Waals surface area contributed by atoms with Gasteiger partial charge >= 0.3 is 7.32 Å². The number of hydrogen-bond donors (Lipinski definition) is 3. The molecular formula is C20H4BF15O4. The molecule has 3 rings (SSSR count). The minimum Gasteiger partial charge on any atom is -0.402 e. The first-order valence-corrected chi connectivity index (χ1v) is 9.63. The number of aliphatic hydroxyl groups excluding tert-OH is 1. The van der Waals surface area contributed by atoms with Crippen molar-refractivity contribution in [3.8, 4) is 0 Å². The van der Waals surface area contributed by atoms with Gasteiger partial charge in [-0.1, -0.05) is 0 Å². The van der Waals surface area contributed by atoms with Gasteiger partial charge in [-0.25, -0.2) is 65.9 Å². The second-order valence-electron chi connectivity index (χ2n) is 7.46. The van der Waals surface area contributed by atoms with Crippen molar-refractivity contribution < 1.29 is 85.7 Å². The Hall–Kier alpha value is -3.49. The molecule has 0 spiro atoms. The van der Waals surface area contributed by atoms with Crippen LogP contribution in [0.5, 0.6) is 0 Å². The van der Waals surface area contributed by atoms with Crippen molar-refractivity contribution in [2.45, 2.75) is 11.7 Å². The summed E-state index contributed by atoms with van der Waals surface area (Å²) in [5.74, 6) is -48.3. The van der Waals surface area contributed by atoms with E-state index in [0.717, 1.165) is 0 Å². The number of rotatable bonds is 6. The highest BCUT2D eigenvalue weighted by Gasteiger charge is 2.57. The average Bonchev–Trinajstić information content (AvgIpc) is 2.90. The van der Waals surface area contributed by atoms with Gasteiger partial charge in [0.2, 0.25) is 17.5 Å². The molecular weight excluding hydrogens is 600 g/mol. The van der Waals surface area contributed by atoms with Gasteiger partial charge in [0, 0.05) is 0 Å². The van der Waals surface area contributed by atoms with Crippen LogP contribution >= 0.6 is 0 Å². The van der Waals surface area contributed by atoms with Crippen molar-refractivity contribution in [3.63, 3.8) is 0 Å². The van der Waals surface area contributed by atoms with Crippen molar-refractivity contribution in [3.05, 3.63) is 104 Å². The summed E-state index contributed by atoms with van der Waals surface area (Å²) >= 11 is 0. The SMILES string of the molecule is OB(O)OC(c1c(F)c(F)c(F)c(F)c1F)(c1c(F)c(F)c(F)c(F)c1F)C(O)c1c(F)c(F)c(F)c(F)c1F. The first kappa shape index (κ1) is 31.0. The second kappa shape index (κ2) is 10.5. The van der Waals surface area contributed by atoms with Crippen LogP contribution in [-0.4, -0.2) is 22.5 Å². The molecule has 0 bridgehead atoms. The smallest absolute Gasteiger partial charge is 0.402 e. The van der Waals surface area contributed by atoms with E-state index in [4.69, 9.17) is 0 Å². The molecule has 40 heavy (non-hydrogen) atoms. The molecule has 3 aromatic carbocycles. The molecule has 0 aliphatic rings. The predicted molar refractivity (Wildman–Crippen MR) is 95.7 cm³/mol. The molecule has 0 fully saturated rings. The molecule has 3 aromatic rings. The Kier molecular flexibility index (Phi) is 8.14. The van der Waals surface area contributed by atoms with Gasteiger partial charge in [0.1, 0.15) is 11.7 Å². The fraction of sp³-hybridized carbons (Fsp3) is 0.100. The fourth-order valence-electron chi connectivity index (χ4n) is 3.67. The number of aliphatic hydroxyl groups is 1. The molecule has 0 aliphatic carbocycles. The average molecular weight is 604 g/mol. The molecule has 3 N–H and O–H groups in total. The first-order chi connectivity index (χ1) is 18.4. The molecule has 0 saturated heterocycles. The van der Waals surface area contributed by atoms with Crippen LogP contribution in [0.25, 0.3) is 0 Å². The normalized spacial score (nSPS) is 12.8. The summed E-state index contributed by atoms with van der Waals surface area (Å²) in [5.41, 5.74) is -14.5. The maximum absolute atomic E-state index is 14.9. The van der Waals surface area contributed by atoms with Crippen molar-refractivity contribution in [2.24, 2.45) is 0 Å². The van der Waals surface area contributed by atoms with Crippen molar-refractivity contribution in [1.29, 1.82) is 0 Å². The Bertz CT molecular complexity index is 1390. The summed E-state index contributed by atoms with van der Waals surface area (Å²) in [6, 6.07) is 0. The lowest BCUT2D eigenvalue weighted by atomic mass is 9.75. The minimum absolute atomic E-state index is 2.90. The van der Waals surface area contributed by atoms with Gasteiger partial charge in [-0.3, -0.25) is 0 Å². The Morgan fingerprint density at radius 1 is 0.425 bits per heavy atom. The predicted octanol–water partition coefficient (Wildman–Crippen LogP) is 4.74. The first-order valence-electron chi connectivity index (χ1n) is 9.63. The summed E-state index contributed by atoms with van der Waals surface area (Å²) in [6.07, 6.45) is -4.50. The van der Waals surface area contributed by atoms with Crippen molar-refractivity contribution >= 4 is 7.32 Å². The van der Waals surface area contributed by atoms with Crippen LogP contribution < -0.4 is 0 Å². The third-order valence-corrected chi connectivity index (χ3v) is 5.36. The molecule has 20 heteroatoms. The summed E-state index contributed by atoms with van der Waals surface area (Å²) in [4.78, 5) is 0. The van der Waals surface area contributed by atoms with E-state index in [2.05, 4.69) is 4.65 Å². The minimum atomic E-state index is -5.33. The van der Waals surface area contributed by atoms with E-state index < -0.39 is 123 Å². The molecule has 1 unspecified atom stereocenters. The zero-order chi connectivity index (χ0) is 30.8. The van der Waals surface area contributed by atoms with Crippen LogP contribution in [0.15, 0.2) is 0 Å². The Balaban J connectivity index is 2.78. The molecule has 0 heterocycles. The van der Waals surface area contributed by atoms with Crippen LogP contribution in [0.2, 0.25) is 0 Å². The van der Waals surface area contributed by atoms with Gasteiger partial charge in [-0.05, 0) is 0 Å². The molecule has 216 valence electrons. The number of hydrogen-bond acceptors (Lipinski definition) is 4. The zero-order valence-corrected chi connectivity index (χ0v) is 18.1. The summed E-state index contributed by atoms with van der Waals surface area (Å²) < 4.78 is 217. The van der Waals surface area contributed by atoms with E-state index in [9.17, 15) is 81.0 Å². The van der Waals surface area contributed by atoms with Crippen molar-refractivity contribution in [1.82, 2.24) is 0 Å². The van der Waals surface area contributed by atoms with Gasteiger partial charge in [0.05, 0.1) is 16.7 Å². The molecule has 0 radical (unpaired) electrons. The lowest BCUT2D eigenvalue weighted by Gasteiger charge is -2.40. The van der Waals surface area contributed by atoms with Gasteiger partial charge < -0.3 is 19.8 Å². The summed E-state index contributed by atoms with van der Waals surface area (Å²) in [7, 11) is -3.97. The topological polar surface area (TPSA) is 69.9 Å². The maximum atomic E-state index is 14.9. The van der Waals surface area contributed by atoms with E-state index in [1.54, 1.807) is 0 Å². The highest BCUT2D eigenvalue weighted by Crippen LogP contribution is 2.51. The molecule has 1 atom stereocenters. The molecule has 4 nitrogen and oxygen atoms in total. The maximum Gasteiger partial charge on any atom is 0.634 e. The number of halogens is 15. The number of benzene rings is 3. The van der Waals surface area contributed by atoms with Gasteiger partial charge in [0.25, 0.3) is 0 Å². The van der Waals surface area contributed by atoms with Crippen LogP contribution in [0.3, 0.4) is 0 Å². The molecule has 0 aromatic heterocycles. The Morgan fingerprint density at radius 3 is 0.900 bits per heavy atom. The third kappa shape index (κ3) is 4.25. The zero-order valence-electron chi connectivity index (χ0n) is 18.1. The lowest BCUT2D eigenvalue weighted by Crippen LogP contribution is -2.47. The van der Waals surface area contributed by atoms with Gasteiger partial charge in [-0.2, -0.15) is 0 Å². The Morgan fingerprint density at radius 2 is 0.650 bits per heavy atom. The van der Waals surface area contributed by atoms with Gasteiger partial charge in [-0.15, -0.1) is 0 Å². The van der Waals surface area contributed by atoms with Crippen LogP contribution in [0.1, 0.15) is 22.8 Å². The molecule has 0 saturated carbocycles. The summed E-state index contributed by atoms with van der Waals surface area (Å²) in [6.45, 7) is 0. The highest BCUT2D eigenvalue weighted by atomic mass is 19.2. The van der Waals surface area contributed by atoms with E-state index in [1.807, 2.05) is 0 Å². The quantitative estimate of drug-likeness (QED) is 0.165. The lowest BCUT2D eigenvalue weighted by molar-refractivity contribution is -0.0709. The second-order valence-corrected chi connectivity index (χ2v) is 7.46. The van der Waals surface area contributed by atoms with E-state index in [0.29, 0.717) is 0 Å². The van der Waals surface area contributed by atoms with Crippen LogP contribution in [-0.2, 0) is 10.3 Å². The standard InChI is InChI=1S/C20H4BF15O4/c22-4-1(5(23)11(29)16(34)10(4)28)19(37)20(40-21(38)39,2-6(24)12(30)17(35)13(31)7(2)25)3-8(26)14(32)18(36)15(33)9(3)27/h19,37-39H. The van der Waals surface area contributed by atoms with Crippen LogP contribution in [0.4, 0.5) is 65.9 Å². The van der Waals surface area contributed by atoms with Gasteiger partial charge in [0.15, 0.2) is 69.8 Å². The highest BCUT2D eigenvalue weighted by molar-refractivity contribution is 6.32. The van der Waals surface area contributed by atoms with E-state index in [-0.39, 0.29) is 0 Å². The molecule has 0 amide bonds. The monoisotopic (exact) mass is 604 g/mol. The Labute approximate surface area is 209 Å². The summed E-state index contributed by atoms with van der Waals surface area (Å²) in [5, 5.41) is 29.2. The largest absolute Gasteiger partial charge is 0.634 e. The third-order valence-electron chi connectivity index (χ3n) is 5.36. The van der Waals surface area contributed by atoms with Crippen LogP contribution in [0, 0.1) is 87.3 Å². The molecule has 0 aliphatic heterocycles. The van der Waals surface area contributed by atoms with E-state index in [1.165, 1.54) is 0 Å².